The van der Waals surface area contributed by atoms with Gasteiger partial charge in [0.2, 0.25) is 0 Å². The smallest absolute Gasteiger partial charge is 0.256 e. The lowest BCUT2D eigenvalue weighted by Gasteiger charge is -2.38. The Labute approximate surface area is 105 Å². The van der Waals surface area contributed by atoms with Crippen LogP contribution in [0.25, 0.3) is 10.9 Å². The van der Waals surface area contributed by atoms with Gasteiger partial charge in [0.1, 0.15) is 0 Å². The van der Waals surface area contributed by atoms with Gasteiger partial charge in [-0.15, -0.1) is 0 Å². The lowest BCUT2D eigenvalue weighted by molar-refractivity contribution is 0.0363. The summed E-state index contributed by atoms with van der Waals surface area (Å²) in [5.41, 5.74) is 1.39. The van der Waals surface area contributed by atoms with E-state index in [1.165, 1.54) is 0 Å². The number of likely N-dealkylation sites (tertiary alicyclic amines) is 1. The third-order valence-electron chi connectivity index (χ3n) is 3.37. The predicted octanol–water partition coefficient (Wildman–Crippen LogP) is 1.30. The van der Waals surface area contributed by atoms with E-state index in [4.69, 9.17) is 5.11 Å². The Hall–Kier alpha value is -1.94. The number of aliphatic hydroxyl groups is 1. The number of nitrogens with zero attached hydrogens (tertiary/aromatic N) is 2. The number of carbonyl (C=O) groups is 1. The fraction of sp³-hybridized carbons (Fsp3) is 0.286. The molecule has 1 aliphatic heterocycles. The zero-order chi connectivity index (χ0) is 12.5. The summed E-state index contributed by atoms with van der Waals surface area (Å²) in [6, 6.07) is 9.45. The molecular formula is C14H14N2O2. The molecule has 0 radical (unpaired) electrons. The molecule has 3 rings (SSSR count). The number of carbonyl (C=O) groups excluding carboxylic acids is 1. The second-order valence-electron chi connectivity index (χ2n) is 4.64. The second kappa shape index (κ2) is 4.38. The molecule has 1 aromatic heterocycles. The number of hydrogen-bond acceptors (Lipinski definition) is 3. The molecule has 1 N–H and O–H groups in total. The average molecular weight is 242 g/mol. The summed E-state index contributed by atoms with van der Waals surface area (Å²) in [6.45, 7) is 1.43. The summed E-state index contributed by atoms with van der Waals surface area (Å²) in [4.78, 5) is 18.3. The molecule has 18 heavy (non-hydrogen) atoms. The van der Waals surface area contributed by atoms with Gasteiger partial charge < -0.3 is 10.0 Å². The van der Waals surface area contributed by atoms with Crippen molar-refractivity contribution < 1.29 is 9.90 Å². The first-order chi connectivity index (χ1) is 8.79. The number of aromatic nitrogens is 1. The summed E-state index contributed by atoms with van der Waals surface area (Å²) >= 11 is 0. The highest BCUT2D eigenvalue weighted by Gasteiger charge is 2.31. The summed E-state index contributed by atoms with van der Waals surface area (Å²) in [5.74, 6) is 0.237. The topological polar surface area (TPSA) is 53.4 Å². The van der Waals surface area contributed by atoms with Crippen molar-refractivity contribution in [3.8, 4) is 0 Å². The molecule has 0 bridgehead atoms. The van der Waals surface area contributed by atoms with Crippen LogP contribution in [-0.4, -0.2) is 40.6 Å². The van der Waals surface area contributed by atoms with Crippen molar-refractivity contribution in [2.45, 2.75) is 0 Å². The standard InChI is InChI=1S/C14H14N2O2/c17-9-10-7-16(8-10)14(18)12-5-1-3-11-4-2-6-15-13(11)12/h1-6,10,17H,7-9H2. The van der Waals surface area contributed by atoms with Crippen molar-refractivity contribution in [1.29, 1.82) is 0 Å². The van der Waals surface area contributed by atoms with E-state index >= 15 is 0 Å². The maximum atomic E-state index is 12.3. The fourth-order valence-corrected chi connectivity index (χ4v) is 2.30. The number of rotatable bonds is 2. The van der Waals surface area contributed by atoms with Crippen LogP contribution in [-0.2, 0) is 0 Å². The lowest BCUT2D eigenvalue weighted by Crippen LogP contribution is -2.51. The Morgan fingerprint density at radius 3 is 2.89 bits per heavy atom. The minimum absolute atomic E-state index is 0.00370. The zero-order valence-corrected chi connectivity index (χ0v) is 9.91. The van der Waals surface area contributed by atoms with Gasteiger partial charge in [0.05, 0.1) is 11.1 Å². The molecule has 0 aliphatic carbocycles. The number of aliphatic hydroxyl groups excluding tert-OH is 1. The molecule has 92 valence electrons. The van der Waals surface area contributed by atoms with E-state index in [2.05, 4.69) is 4.98 Å². The molecule has 1 fully saturated rings. The van der Waals surface area contributed by atoms with E-state index in [9.17, 15) is 4.79 Å². The number of pyridine rings is 1. The van der Waals surface area contributed by atoms with Crippen LogP contribution in [0.1, 0.15) is 10.4 Å². The number of benzene rings is 1. The van der Waals surface area contributed by atoms with Gasteiger partial charge in [0.15, 0.2) is 0 Å². The van der Waals surface area contributed by atoms with Crippen molar-refractivity contribution in [2.24, 2.45) is 5.92 Å². The minimum Gasteiger partial charge on any atom is -0.396 e. The first-order valence-electron chi connectivity index (χ1n) is 6.03. The molecule has 1 saturated heterocycles. The molecule has 1 amide bonds. The zero-order valence-electron chi connectivity index (χ0n) is 9.91. The monoisotopic (exact) mass is 242 g/mol. The summed E-state index contributed by atoms with van der Waals surface area (Å²) in [5, 5.41) is 9.95. The van der Waals surface area contributed by atoms with Crippen molar-refractivity contribution in [3.05, 3.63) is 42.1 Å². The summed E-state index contributed by atoms with van der Waals surface area (Å²) in [6.07, 6.45) is 1.70. The van der Waals surface area contributed by atoms with Gasteiger partial charge in [-0.25, -0.2) is 0 Å². The largest absolute Gasteiger partial charge is 0.396 e. The van der Waals surface area contributed by atoms with E-state index in [0.717, 1.165) is 10.9 Å². The molecule has 0 spiro atoms. The fourth-order valence-electron chi connectivity index (χ4n) is 2.30. The highest BCUT2D eigenvalue weighted by molar-refractivity contribution is 6.05. The van der Waals surface area contributed by atoms with Crippen LogP contribution in [0.5, 0.6) is 0 Å². The van der Waals surface area contributed by atoms with E-state index in [-0.39, 0.29) is 18.4 Å². The van der Waals surface area contributed by atoms with Gasteiger partial charge in [-0.3, -0.25) is 9.78 Å². The molecule has 4 heteroatoms. The normalized spacial score (nSPS) is 15.7. The SMILES string of the molecule is O=C(c1cccc2cccnc12)N1CC(CO)C1. The molecule has 2 heterocycles. The Kier molecular flexibility index (Phi) is 2.72. The van der Waals surface area contributed by atoms with E-state index in [1.54, 1.807) is 11.1 Å². The third kappa shape index (κ3) is 1.75. The molecule has 0 unspecified atom stereocenters. The molecule has 4 nitrogen and oxygen atoms in total. The van der Waals surface area contributed by atoms with Gasteiger partial charge in [-0.1, -0.05) is 18.2 Å². The summed E-state index contributed by atoms with van der Waals surface area (Å²) in [7, 11) is 0. The Bertz CT molecular complexity index is 586. The lowest BCUT2D eigenvalue weighted by atomic mass is 9.99. The maximum absolute atomic E-state index is 12.3. The van der Waals surface area contributed by atoms with Crippen molar-refractivity contribution in [3.63, 3.8) is 0 Å². The number of amides is 1. The van der Waals surface area contributed by atoms with E-state index in [1.807, 2.05) is 30.3 Å². The van der Waals surface area contributed by atoms with Crippen molar-refractivity contribution >= 4 is 16.8 Å². The van der Waals surface area contributed by atoms with E-state index < -0.39 is 0 Å². The Balaban J connectivity index is 1.93. The molecule has 0 saturated carbocycles. The molecule has 1 aromatic carbocycles. The van der Waals surface area contributed by atoms with Crippen LogP contribution >= 0.6 is 0 Å². The van der Waals surface area contributed by atoms with Gasteiger partial charge >= 0.3 is 0 Å². The quantitative estimate of drug-likeness (QED) is 0.863. The van der Waals surface area contributed by atoms with Gasteiger partial charge in [0, 0.05) is 37.2 Å². The summed E-state index contributed by atoms with van der Waals surface area (Å²) < 4.78 is 0. The van der Waals surface area contributed by atoms with Crippen LogP contribution in [0.3, 0.4) is 0 Å². The maximum Gasteiger partial charge on any atom is 0.256 e. The minimum atomic E-state index is 0.00370. The first-order valence-corrected chi connectivity index (χ1v) is 6.03. The van der Waals surface area contributed by atoms with Crippen LogP contribution in [0.4, 0.5) is 0 Å². The van der Waals surface area contributed by atoms with Gasteiger partial charge in [-0.05, 0) is 12.1 Å². The van der Waals surface area contributed by atoms with Crippen LogP contribution in [0.15, 0.2) is 36.5 Å². The highest BCUT2D eigenvalue weighted by atomic mass is 16.3. The molecule has 1 aliphatic rings. The van der Waals surface area contributed by atoms with Crippen molar-refractivity contribution in [2.75, 3.05) is 19.7 Å². The Morgan fingerprint density at radius 2 is 2.11 bits per heavy atom. The number of para-hydroxylation sites is 1. The molecular weight excluding hydrogens is 228 g/mol. The second-order valence-corrected chi connectivity index (χ2v) is 4.64. The Morgan fingerprint density at radius 1 is 1.33 bits per heavy atom. The van der Waals surface area contributed by atoms with Gasteiger partial charge in [0.25, 0.3) is 5.91 Å². The first kappa shape index (κ1) is 11.2. The van der Waals surface area contributed by atoms with Crippen LogP contribution in [0.2, 0.25) is 0 Å². The average Bonchev–Trinajstić information content (AvgIpc) is 2.36. The van der Waals surface area contributed by atoms with Gasteiger partial charge in [-0.2, -0.15) is 0 Å². The van der Waals surface area contributed by atoms with E-state index in [0.29, 0.717) is 18.7 Å². The van der Waals surface area contributed by atoms with Crippen LogP contribution < -0.4 is 0 Å². The third-order valence-corrected chi connectivity index (χ3v) is 3.37. The number of fused-ring (bicyclic) bond motifs is 1. The van der Waals surface area contributed by atoms with Crippen LogP contribution in [0, 0.1) is 5.92 Å². The number of hydrogen-bond donors (Lipinski definition) is 1. The molecule has 0 atom stereocenters. The molecule has 2 aromatic rings. The predicted molar refractivity (Wildman–Crippen MR) is 68.2 cm³/mol. The highest BCUT2D eigenvalue weighted by Crippen LogP contribution is 2.22. The van der Waals surface area contributed by atoms with Crippen molar-refractivity contribution in [1.82, 2.24) is 9.88 Å².